The lowest BCUT2D eigenvalue weighted by molar-refractivity contribution is -0.145. The summed E-state index contributed by atoms with van der Waals surface area (Å²) >= 11 is 0. The predicted octanol–water partition coefficient (Wildman–Crippen LogP) is 2.64. The Hall–Kier alpha value is -3.38. The summed E-state index contributed by atoms with van der Waals surface area (Å²) in [6, 6.07) is -3.89. The largest absolute Gasteiger partial charge is 0.508 e. The van der Waals surface area contributed by atoms with Crippen LogP contribution in [0.5, 0.6) is 0 Å². The summed E-state index contributed by atoms with van der Waals surface area (Å²) in [6.07, 6.45) is 7.34. The highest BCUT2D eigenvalue weighted by Gasteiger charge is 2.70. The molecule has 0 spiro atoms. The van der Waals surface area contributed by atoms with Gasteiger partial charge in [-0.05, 0) is 72.5 Å². The number of ketones is 1. The van der Waals surface area contributed by atoms with Gasteiger partial charge in [0.2, 0.25) is 17.6 Å². The molecule has 6 atom stereocenters. The lowest BCUT2D eigenvalue weighted by atomic mass is 9.80. The first-order valence-corrected chi connectivity index (χ1v) is 17.4. The van der Waals surface area contributed by atoms with Crippen molar-refractivity contribution in [1.29, 1.82) is 0 Å². The highest BCUT2D eigenvalue weighted by atomic mass is 16.7. The van der Waals surface area contributed by atoms with Crippen LogP contribution in [0.15, 0.2) is 0 Å². The number of nitrogens with two attached hydrogens (primary N) is 1. The van der Waals surface area contributed by atoms with Crippen molar-refractivity contribution in [2.24, 2.45) is 46.2 Å². The normalized spacial score (nSPS) is 26.7. The van der Waals surface area contributed by atoms with Crippen LogP contribution in [0.25, 0.3) is 0 Å². The molecule has 5 fully saturated rings. The Kier molecular flexibility index (Phi) is 10.1. The summed E-state index contributed by atoms with van der Waals surface area (Å²) in [5.41, 5.74) is 4.43. The summed E-state index contributed by atoms with van der Waals surface area (Å²) in [5.74, 6) is -2.09. The molecule has 4 saturated carbocycles. The van der Waals surface area contributed by atoms with Gasteiger partial charge in [0.1, 0.15) is 18.7 Å². The number of hydrogen-bond donors (Lipinski definition) is 4. The van der Waals surface area contributed by atoms with Crippen molar-refractivity contribution < 1.29 is 38.2 Å². The lowest BCUT2D eigenvalue weighted by Gasteiger charge is -2.39. The summed E-state index contributed by atoms with van der Waals surface area (Å²) in [5, 5.41) is 8.59. The highest BCUT2D eigenvalue weighted by molar-refractivity contribution is 6.37. The first-order chi connectivity index (χ1) is 22.1. The van der Waals surface area contributed by atoms with E-state index in [9.17, 15) is 28.8 Å². The number of hydrogen-bond acceptors (Lipinski definition) is 8. The van der Waals surface area contributed by atoms with E-state index >= 15 is 0 Å². The van der Waals surface area contributed by atoms with E-state index in [1.165, 1.54) is 4.90 Å². The highest BCUT2D eigenvalue weighted by Crippen LogP contribution is 2.65. The van der Waals surface area contributed by atoms with Crippen molar-refractivity contribution in [3.05, 3.63) is 0 Å². The number of carbonyl (C=O) groups excluding carboxylic acids is 6. The predicted molar refractivity (Wildman–Crippen MR) is 170 cm³/mol. The van der Waals surface area contributed by atoms with E-state index in [0.717, 1.165) is 51.4 Å². The second-order valence-electron chi connectivity index (χ2n) is 16.2. The number of primary amides is 1. The Morgan fingerprint density at radius 2 is 1.55 bits per heavy atom. The van der Waals surface area contributed by atoms with Crippen molar-refractivity contribution in [1.82, 2.24) is 20.9 Å². The summed E-state index contributed by atoms with van der Waals surface area (Å²) in [7, 11) is 0. The van der Waals surface area contributed by atoms with Crippen LogP contribution in [-0.4, -0.2) is 84.5 Å². The molecular weight excluding hydrogens is 606 g/mol. The third-order valence-corrected chi connectivity index (χ3v) is 11.4. The maximum atomic E-state index is 14.3. The molecule has 5 aliphatic rings. The maximum absolute atomic E-state index is 14.3. The molecule has 4 aliphatic carbocycles. The number of amides is 5. The van der Waals surface area contributed by atoms with Gasteiger partial charge in [0.25, 0.3) is 5.91 Å². The van der Waals surface area contributed by atoms with Gasteiger partial charge in [-0.25, -0.2) is 9.59 Å². The van der Waals surface area contributed by atoms with Crippen LogP contribution in [0.1, 0.15) is 92.4 Å². The van der Waals surface area contributed by atoms with E-state index in [4.69, 9.17) is 15.2 Å². The van der Waals surface area contributed by atoms with Crippen molar-refractivity contribution in [2.45, 2.75) is 117 Å². The number of nitrogens with zero attached hydrogens (tertiary/aromatic N) is 1. The molecule has 1 aliphatic heterocycles. The smallest absolute Gasteiger partial charge is 0.434 e. The zero-order chi connectivity index (χ0) is 34.3. The third kappa shape index (κ3) is 8.02. The van der Waals surface area contributed by atoms with E-state index in [0.29, 0.717) is 25.5 Å². The van der Waals surface area contributed by atoms with E-state index in [-0.39, 0.29) is 35.7 Å². The molecule has 5 rings (SSSR count). The average Bonchev–Trinajstić information content (AvgIpc) is 3.80. The average molecular weight is 660 g/mol. The number of ether oxygens (including phenoxy) is 2. The second kappa shape index (κ2) is 13.6. The molecule has 0 aromatic heterocycles. The molecule has 13 nitrogen and oxygen atoms in total. The van der Waals surface area contributed by atoms with Gasteiger partial charge in [-0.2, -0.15) is 0 Å². The van der Waals surface area contributed by atoms with Crippen LogP contribution in [-0.2, 0) is 28.7 Å². The van der Waals surface area contributed by atoms with Gasteiger partial charge < -0.3 is 36.1 Å². The van der Waals surface area contributed by atoms with E-state index < -0.39 is 65.3 Å². The Balaban J connectivity index is 1.26. The second-order valence-corrected chi connectivity index (χ2v) is 16.2. The van der Waals surface area contributed by atoms with Crippen LogP contribution < -0.4 is 21.7 Å². The molecule has 0 aromatic carbocycles. The Morgan fingerprint density at radius 1 is 0.894 bits per heavy atom. The van der Waals surface area contributed by atoms with Crippen molar-refractivity contribution in [3.8, 4) is 0 Å². The monoisotopic (exact) mass is 659 g/mol. The van der Waals surface area contributed by atoms with Crippen LogP contribution in [0, 0.1) is 40.4 Å². The number of urea groups is 1. The third-order valence-electron chi connectivity index (χ3n) is 11.4. The molecule has 1 saturated heterocycles. The quantitative estimate of drug-likeness (QED) is 0.162. The minimum Gasteiger partial charge on any atom is -0.434 e. The van der Waals surface area contributed by atoms with Gasteiger partial charge in [-0.1, -0.05) is 60.3 Å². The minimum absolute atomic E-state index is 0.0332. The number of fused-ring (bicyclic) bond motifs is 1. The van der Waals surface area contributed by atoms with Crippen LogP contribution in [0.4, 0.5) is 9.59 Å². The topological polar surface area (TPSA) is 186 Å². The number of piperidine rings is 1. The molecule has 47 heavy (non-hydrogen) atoms. The van der Waals surface area contributed by atoms with Crippen LogP contribution in [0.3, 0.4) is 0 Å². The molecule has 1 heterocycles. The fraction of sp³-hybridized carbons (Fsp3) is 0.824. The standard InChI is InChI=1S/C34H53N5O8/c1-33(2,3)27(38-31(44)37-23(20-10-7-11-20)17-47-32(45)46-16-19-12-13-19)30(43)39-15-21-24(34(21,4)5)25(39)29(42)36-22(26(40)28(35)41)14-18-8-6-9-18/h18-25,27H,6-17H2,1-5H3,(H2,35,41)(H,36,42)(H2,37,38,44)/t21-,22?,23+,24-,25-,27+/m0/s1. The summed E-state index contributed by atoms with van der Waals surface area (Å²) in [6.45, 7) is 10.3. The molecular formula is C34H53N5O8. The van der Waals surface area contributed by atoms with Gasteiger partial charge >= 0.3 is 12.2 Å². The maximum Gasteiger partial charge on any atom is 0.508 e. The van der Waals surface area contributed by atoms with Crippen molar-refractivity contribution in [3.63, 3.8) is 0 Å². The molecule has 5 N–H and O–H groups in total. The van der Waals surface area contributed by atoms with Gasteiger partial charge in [-0.15, -0.1) is 0 Å². The molecule has 13 heteroatoms. The van der Waals surface area contributed by atoms with Crippen molar-refractivity contribution >= 4 is 35.7 Å². The van der Waals surface area contributed by atoms with E-state index in [2.05, 4.69) is 29.8 Å². The van der Waals surface area contributed by atoms with Gasteiger partial charge in [0.15, 0.2) is 0 Å². The number of rotatable bonds is 14. The molecule has 5 amide bonds. The minimum atomic E-state index is -1.10. The van der Waals surface area contributed by atoms with Crippen LogP contribution in [0.2, 0.25) is 0 Å². The number of carbonyl (C=O) groups is 6. The summed E-state index contributed by atoms with van der Waals surface area (Å²) < 4.78 is 10.5. The zero-order valence-electron chi connectivity index (χ0n) is 28.5. The number of likely N-dealkylation sites (tertiary alicyclic amines) is 1. The van der Waals surface area contributed by atoms with Crippen LogP contribution >= 0.6 is 0 Å². The molecule has 0 radical (unpaired) electrons. The van der Waals surface area contributed by atoms with Gasteiger partial charge in [0, 0.05) is 6.54 Å². The van der Waals surface area contributed by atoms with E-state index in [1.807, 2.05) is 20.8 Å². The fourth-order valence-corrected chi connectivity index (χ4v) is 7.50. The van der Waals surface area contributed by atoms with Crippen molar-refractivity contribution in [2.75, 3.05) is 19.8 Å². The molecule has 1 unspecified atom stereocenters. The van der Waals surface area contributed by atoms with E-state index in [1.54, 1.807) is 0 Å². The first kappa shape index (κ1) is 34.9. The number of nitrogens with one attached hydrogen (secondary N) is 3. The van der Waals surface area contributed by atoms with Gasteiger partial charge in [0.05, 0.1) is 18.7 Å². The summed E-state index contributed by atoms with van der Waals surface area (Å²) in [4.78, 5) is 79.8. The molecule has 262 valence electrons. The zero-order valence-corrected chi connectivity index (χ0v) is 28.5. The fourth-order valence-electron chi connectivity index (χ4n) is 7.50. The Morgan fingerprint density at radius 3 is 2.09 bits per heavy atom. The molecule has 0 bridgehead atoms. The number of Topliss-reactive ketones (excluding diaryl/α,β-unsaturated/α-hetero) is 1. The lowest BCUT2D eigenvalue weighted by Crippen LogP contribution is -2.62. The molecule has 0 aromatic rings. The Labute approximate surface area is 277 Å². The van der Waals surface area contributed by atoms with Gasteiger partial charge in [-0.3, -0.25) is 19.2 Å². The SMILES string of the molecule is CC(C)(C)[C@H](NC(=O)N[C@H](COC(=O)OCC1CC1)C1CCC1)C(=O)N1C[C@H]2[C@@H]([C@H]1C(=O)NC(CC1CCC1)C(=O)C(N)=O)C2(C)C. The first-order valence-electron chi connectivity index (χ1n) is 17.4. The Bertz CT molecular complexity index is 1250.